The van der Waals surface area contributed by atoms with Crippen molar-refractivity contribution < 1.29 is 14.7 Å². The van der Waals surface area contributed by atoms with Crippen molar-refractivity contribution in [2.45, 2.75) is 0 Å². The SMILES string of the molecule is C=CCN(C)C(=O)c1nc[nH]c1C(=O)O. The summed E-state index contributed by atoms with van der Waals surface area (Å²) >= 11 is 0. The van der Waals surface area contributed by atoms with E-state index in [0.717, 1.165) is 0 Å². The minimum Gasteiger partial charge on any atom is -0.477 e. The summed E-state index contributed by atoms with van der Waals surface area (Å²) in [7, 11) is 1.55. The quantitative estimate of drug-likeness (QED) is 0.701. The van der Waals surface area contributed by atoms with Crippen LogP contribution in [0.1, 0.15) is 21.0 Å². The molecule has 15 heavy (non-hydrogen) atoms. The number of amides is 1. The molecule has 1 heterocycles. The zero-order chi connectivity index (χ0) is 11.4. The summed E-state index contributed by atoms with van der Waals surface area (Å²) < 4.78 is 0. The van der Waals surface area contributed by atoms with Crippen molar-refractivity contribution in [3.8, 4) is 0 Å². The summed E-state index contributed by atoms with van der Waals surface area (Å²) in [6.07, 6.45) is 2.73. The first-order valence-corrected chi connectivity index (χ1v) is 4.21. The molecule has 6 nitrogen and oxygen atoms in total. The van der Waals surface area contributed by atoms with Crippen LogP contribution >= 0.6 is 0 Å². The molecule has 0 atom stereocenters. The van der Waals surface area contributed by atoms with E-state index in [4.69, 9.17) is 5.11 Å². The van der Waals surface area contributed by atoms with Gasteiger partial charge in [-0.15, -0.1) is 6.58 Å². The van der Waals surface area contributed by atoms with E-state index in [9.17, 15) is 9.59 Å². The molecule has 0 aliphatic rings. The number of nitrogens with zero attached hydrogens (tertiary/aromatic N) is 2. The molecule has 6 heteroatoms. The lowest BCUT2D eigenvalue weighted by molar-refractivity contribution is 0.0677. The molecule has 0 fully saturated rings. The predicted octanol–water partition coefficient (Wildman–Crippen LogP) is 0.366. The van der Waals surface area contributed by atoms with Crippen molar-refractivity contribution in [2.75, 3.05) is 13.6 Å². The highest BCUT2D eigenvalue weighted by Gasteiger charge is 2.21. The number of imidazole rings is 1. The van der Waals surface area contributed by atoms with Gasteiger partial charge < -0.3 is 15.0 Å². The molecule has 1 amide bonds. The number of likely N-dealkylation sites (N-methyl/N-ethyl adjacent to an activating group) is 1. The number of aromatic amines is 1. The fraction of sp³-hybridized carbons (Fsp3) is 0.222. The van der Waals surface area contributed by atoms with Crippen LogP contribution in [0.5, 0.6) is 0 Å². The van der Waals surface area contributed by atoms with Crippen molar-refractivity contribution in [1.82, 2.24) is 14.9 Å². The summed E-state index contributed by atoms with van der Waals surface area (Å²) in [6, 6.07) is 0. The Morgan fingerprint density at radius 3 is 2.93 bits per heavy atom. The maximum Gasteiger partial charge on any atom is 0.354 e. The maximum atomic E-state index is 11.7. The van der Waals surface area contributed by atoms with Crippen LogP contribution in [0.2, 0.25) is 0 Å². The van der Waals surface area contributed by atoms with E-state index in [1.165, 1.54) is 11.2 Å². The first-order valence-electron chi connectivity index (χ1n) is 4.21. The minimum absolute atomic E-state index is 0.0909. The molecule has 0 aliphatic heterocycles. The normalized spacial score (nSPS) is 9.67. The summed E-state index contributed by atoms with van der Waals surface area (Å²) in [5.41, 5.74) is -0.289. The van der Waals surface area contributed by atoms with Crippen molar-refractivity contribution in [2.24, 2.45) is 0 Å². The Balaban J connectivity index is 2.95. The van der Waals surface area contributed by atoms with Gasteiger partial charge in [-0.1, -0.05) is 6.08 Å². The zero-order valence-corrected chi connectivity index (χ0v) is 8.23. The molecule has 0 aliphatic carbocycles. The Kier molecular flexibility index (Phi) is 3.22. The number of aromatic carboxylic acids is 1. The van der Waals surface area contributed by atoms with Gasteiger partial charge in [-0.05, 0) is 0 Å². The van der Waals surface area contributed by atoms with E-state index < -0.39 is 11.9 Å². The number of hydrogen-bond acceptors (Lipinski definition) is 3. The van der Waals surface area contributed by atoms with E-state index in [-0.39, 0.29) is 11.4 Å². The topological polar surface area (TPSA) is 86.3 Å². The number of carboxylic acid groups (broad SMARTS) is 1. The number of carboxylic acids is 1. The molecule has 0 radical (unpaired) electrons. The highest BCUT2D eigenvalue weighted by Crippen LogP contribution is 2.05. The Labute approximate surface area is 86.2 Å². The Bertz CT molecular complexity index is 397. The van der Waals surface area contributed by atoms with Gasteiger partial charge in [-0.3, -0.25) is 4.79 Å². The second kappa shape index (κ2) is 4.41. The van der Waals surface area contributed by atoms with E-state index in [0.29, 0.717) is 6.54 Å². The van der Waals surface area contributed by atoms with Crippen LogP contribution < -0.4 is 0 Å². The minimum atomic E-state index is -1.21. The predicted molar refractivity (Wildman–Crippen MR) is 52.7 cm³/mol. The Hall–Kier alpha value is -2.11. The van der Waals surface area contributed by atoms with Gasteiger partial charge in [0.15, 0.2) is 11.4 Å². The lowest BCUT2D eigenvalue weighted by Crippen LogP contribution is -2.28. The molecule has 1 aromatic heterocycles. The highest BCUT2D eigenvalue weighted by molar-refractivity contribution is 6.02. The molecule has 0 spiro atoms. The number of rotatable bonds is 4. The summed E-state index contributed by atoms with van der Waals surface area (Å²) in [4.78, 5) is 29.8. The maximum absolute atomic E-state index is 11.7. The first kappa shape index (κ1) is 11.0. The standard InChI is InChI=1S/C9H11N3O3/c1-3-4-12(2)8(13)6-7(9(14)15)11-5-10-6/h3,5H,1,4H2,2H3,(H,10,11)(H,14,15). The molecule has 1 aromatic rings. The number of hydrogen-bond donors (Lipinski definition) is 2. The number of H-pyrrole nitrogens is 1. The van der Waals surface area contributed by atoms with E-state index in [1.807, 2.05) is 0 Å². The van der Waals surface area contributed by atoms with Crippen LogP contribution in [0.25, 0.3) is 0 Å². The third-order valence-corrected chi connectivity index (χ3v) is 1.81. The monoisotopic (exact) mass is 209 g/mol. The van der Waals surface area contributed by atoms with Gasteiger partial charge in [0.05, 0.1) is 6.33 Å². The van der Waals surface area contributed by atoms with Gasteiger partial charge in [-0.25, -0.2) is 9.78 Å². The van der Waals surface area contributed by atoms with Crippen molar-refractivity contribution in [3.05, 3.63) is 30.4 Å². The molecule has 0 aromatic carbocycles. The molecule has 0 unspecified atom stereocenters. The molecule has 1 rings (SSSR count). The third-order valence-electron chi connectivity index (χ3n) is 1.81. The Morgan fingerprint density at radius 1 is 1.73 bits per heavy atom. The van der Waals surface area contributed by atoms with Crippen molar-refractivity contribution >= 4 is 11.9 Å². The van der Waals surface area contributed by atoms with Gasteiger partial charge in [0.1, 0.15) is 0 Å². The molecule has 80 valence electrons. The molecule has 2 N–H and O–H groups in total. The van der Waals surface area contributed by atoms with Gasteiger partial charge >= 0.3 is 5.97 Å². The van der Waals surface area contributed by atoms with Gasteiger partial charge in [0.25, 0.3) is 5.91 Å². The van der Waals surface area contributed by atoms with E-state index >= 15 is 0 Å². The second-order valence-electron chi connectivity index (χ2n) is 2.91. The summed E-state index contributed by atoms with van der Waals surface area (Å²) in [6.45, 7) is 3.82. The third kappa shape index (κ3) is 2.22. The molecular weight excluding hydrogens is 198 g/mol. The molecule has 0 bridgehead atoms. The zero-order valence-electron chi connectivity index (χ0n) is 8.23. The average Bonchev–Trinajstić information content (AvgIpc) is 2.65. The number of carbonyl (C=O) groups excluding carboxylic acids is 1. The number of nitrogens with one attached hydrogen (secondary N) is 1. The molecule has 0 saturated carbocycles. The first-order chi connectivity index (χ1) is 7.07. The van der Waals surface area contributed by atoms with Crippen LogP contribution in [0, 0.1) is 0 Å². The fourth-order valence-electron chi connectivity index (χ4n) is 1.08. The largest absolute Gasteiger partial charge is 0.477 e. The summed E-state index contributed by atoms with van der Waals surface area (Å²) in [5.74, 6) is -1.66. The van der Waals surface area contributed by atoms with Crippen LogP contribution in [0.15, 0.2) is 19.0 Å². The number of carbonyl (C=O) groups is 2. The fourth-order valence-corrected chi connectivity index (χ4v) is 1.08. The second-order valence-corrected chi connectivity index (χ2v) is 2.91. The van der Waals surface area contributed by atoms with Crippen LogP contribution in [-0.2, 0) is 0 Å². The lowest BCUT2D eigenvalue weighted by Gasteiger charge is -2.13. The Morgan fingerprint density at radius 2 is 2.40 bits per heavy atom. The van der Waals surface area contributed by atoms with Gasteiger partial charge in [-0.2, -0.15) is 0 Å². The van der Waals surface area contributed by atoms with Gasteiger partial charge in [0.2, 0.25) is 0 Å². The summed E-state index contributed by atoms with van der Waals surface area (Å²) in [5, 5.41) is 8.75. The molecular formula is C9H11N3O3. The van der Waals surface area contributed by atoms with Crippen LogP contribution in [0.4, 0.5) is 0 Å². The smallest absolute Gasteiger partial charge is 0.354 e. The van der Waals surface area contributed by atoms with Crippen molar-refractivity contribution in [1.29, 1.82) is 0 Å². The van der Waals surface area contributed by atoms with Crippen LogP contribution in [0.3, 0.4) is 0 Å². The van der Waals surface area contributed by atoms with E-state index in [1.54, 1.807) is 13.1 Å². The van der Waals surface area contributed by atoms with E-state index in [2.05, 4.69) is 16.5 Å². The average molecular weight is 209 g/mol. The van der Waals surface area contributed by atoms with Crippen molar-refractivity contribution in [3.63, 3.8) is 0 Å². The molecule has 0 saturated heterocycles. The number of aromatic nitrogens is 2. The van der Waals surface area contributed by atoms with Gasteiger partial charge in [0, 0.05) is 13.6 Å². The highest BCUT2D eigenvalue weighted by atomic mass is 16.4. The lowest BCUT2D eigenvalue weighted by atomic mass is 10.3. The van der Waals surface area contributed by atoms with Crippen LogP contribution in [-0.4, -0.2) is 45.4 Å².